The SMILES string of the molecule is CC(=O)Nc1c(O)ccc(Cl)c1C1CCNC1. The van der Waals surface area contributed by atoms with E-state index in [1.54, 1.807) is 6.07 Å². The number of rotatable bonds is 2. The summed E-state index contributed by atoms with van der Waals surface area (Å²) in [7, 11) is 0. The lowest BCUT2D eigenvalue weighted by Gasteiger charge is -2.18. The zero-order chi connectivity index (χ0) is 12.4. The Hall–Kier alpha value is -1.26. The minimum atomic E-state index is -0.213. The minimum absolute atomic E-state index is 0.0616. The summed E-state index contributed by atoms with van der Waals surface area (Å²) in [5.41, 5.74) is 1.27. The van der Waals surface area contributed by atoms with E-state index in [4.69, 9.17) is 11.6 Å². The third-order valence-corrected chi connectivity index (χ3v) is 3.27. The van der Waals surface area contributed by atoms with Crippen molar-refractivity contribution in [1.29, 1.82) is 0 Å². The average molecular weight is 255 g/mol. The van der Waals surface area contributed by atoms with E-state index >= 15 is 0 Å². The highest BCUT2D eigenvalue weighted by Gasteiger charge is 2.24. The molecular formula is C12H15ClN2O2. The molecule has 0 saturated carbocycles. The molecule has 3 N–H and O–H groups in total. The van der Waals surface area contributed by atoms with Gasteiger partial charge in [-0.3, -0.25) is 4.79 Å². The van der Waals surface area contributed by atoms with Crippen LogP contribution in [0, 0.1) is 0 Å². The molecule has 1 heterocycles. The average Bonchev–Trinajstić information content (AvgIpc) is 2.76. The largest absolute Gasteiger partial charge is 0.506 e. The standard InChI is InChI=1S/C12H15ClN2O2/c1-7(16)15-12-10(17)3-2-9(13)11(12)8-4-5-14-6-8/h2-3,8,14,17H,4-6H2,1H3,(H,15,16). The monoisotopic (exact) mass is 254 g/mol. The van der Waals surface area contributed by atoms with Gasteiger partial charge in [0.25, 0.3) is 0 Å². The zero-order valence-corrected chi connectivity index (χ0v) is 10.3. The Kier molecular flexibility index (Phi) is 3.54. The predicted molar refractivity (Wildman–Crippen MR) is 67.6 cm³/mol. The number of phenols is 1. The maximum atomic E-state index is 11.2. The van der Waals surface area contributed by atoms with Gasteiger partial charge >= 0.3 is 0 Å². The van der Waals surface area contributed by atoms with E-state index in [1.165, 1.54) is 13.0 Å². The van der Waals surface area contributed by atoms with Gasteiger partial charge in [-0.05, 0) is 25.1 Å². The number of aromatic hydroxyl groups is 1. The van der Waals surface area contributed by atoms with E-state index < -0.39 is 0 Å². The molecule has 1 unspecified atom stereocenters. The number of amides is 1. The topological polar surface area (TPSA) is 61.4 Å². The molecule has 0 aliphatic carbocycles. The molecule has 1 amide bonds. The van der Waals surface area contributed by atoms with Crippen molar-refractivity contribution >= 4 is 23.2 Å². The van der Waals surface area contributed by atoms with Crippen molar-refractivity contribution in [1.82, 2.24) is 5.32 Å². The number of halogens is 1. The van der Waals surface area contributed by atoms with Crippen molar-refractivity contribution in [2.75, 3.05) is 18.4 Å². The fourth-order valence-electron chi connectivity index (χ4n) is 2.19. The number of benzene rings is 1. The van der Waals surface area contributed by atoms with Gasteiger partial charge in [-0.25, -0.2) is 0 Å². The second-order valence-corrected chi connectivity index (χ2v) is 4.63. The summed E-state index contributed by atoms with van der Waals surface area (Å²) in [6.45, 7) is 3.16. The molecule has 1 aromatic rings. The molecule has 1 fully saturated rings. The maximum absolute atomic E-state index is 11.2. The fourth-order valence-corrected chi connectivity index (χ4v) is 2.50. The lowest BCUT2D eigenvalue weighted by atomic mass is 9.96. The van der Waals surface area contributed by atoms with Crippen LogP contribution in [0.1, 0.15) is 24.8 Å². The van der Waals surface area contributed by atoms with Gasteiger partial charge in [0.05, 0.1) is 5.69 Å². The Bertz CT molecular complexity index is 442. The van der Waals surface area contributed by atoms with Crippen LogP contribution in [0.4, 0.5) is 5.69 Å². The number of anilines is 1. The molecule has 0 spiro atoms. The molecule has 1 aliphatic rings. The number of carbonyl (C=O) groups excluding carboxylic acids is 1. The maximum Gasteiger partial charge on any atom is 0.221 e. The molecule has 1 atom stereocenters. The van der Waals surface area contributed by atoms with Crippen molar-refractivity contribution in [2.45, 2.75) is 19.3 Å². The first-order valence-corrected chi connectivity index (χ1v) is 5.97. The van der Waals surface area contributed by atoms with Gasteiger partial charge in [0.1, 0.15) is 5.75 Å². The number of hydrogen-bond donors (Lipinski definition) is 3. The van der Waals surface area contributed by atoms with Crippen molar-refractivity contribution < 1.29 is 9.90 Å². The van der Waals surface area contributed by atoms with Gasteiger partial charge in [-0.2, -0.15) is 0 Å². The van der Waals surface area contributed by atoms with Gasteiger partial charge < -0.3 is 15.7 Å². The number of carbonyl (C=O) groups is 1. The third-order valence-electron chi connectivity index (χ3n) is 2.94. The molecular weight excluding hydrogens is 240 g/mol. The number of phenolic OH excluding ortho intramolecular Hbond substituents is 1. The van der Waals surface area contributed by atoms with Gasteiger partial charge in [-0.1, -0.05) is 11.6 Å². The van der Waals surface area contributed by atoms with Crippen molar-refractivity contribution in [2.24, 2.45) is 0 Å². The van der Waals surface area contributed by atoms with Crippen LogP contribution in [0.2, 0.25) is 5.02 Å². The molecule has 1 aromatic carbocycles. The van der Waals surface area contributed by atoms with E-state index in [-0.39, 0.29) is 17.6 Å². The molecule has 92 valence electrons. The molecule has 0 aromatic heterocycles. The summed E-state index contributed by atoms with van der Waals surface area (Å²) in [6, 6.07) is 3.16. The van der Waals surface area contributed by atoms with Crippen molar-refractivity contribution in [3.05, 3.63) is 22.7 Å². The summed E-state index contributed by atoms with van der Waals surface area (Å²) >= 11 is 6.17. The fraction of sp³-hybridized carbons (Fsp3) is 0.417. The van der Waals surface area contributed by atoms with E-state index in [0.29, 0.717) is 10.7 Å². The van der Waals surface area contributed by atoms with Crippen LogP contribution in [0.5, 0.6) is 5.75 Å². The van der Waals surface area contributed by atoms with Crippen LogP contribution < -0.4 is 10.6 Å². The summed E-state index contributed by atoms with van der Waals surface area (Å²) in [6.07, 6.45) is 0.954. The van der Waals surface area contributed by atoms with Crippen LogP contribution in [0.15, 0.2) is 12.1 Å². The Labute approximate surface area is 105 Å². The highest BCUT2D eigenvalue weighted by molar-refractivity contribution is 6.32. The smallest absolute Gasteiger partial charge is 0.221 e. The van der Waals surface area contributed by atoms with Crippen LogP contribution >= 0.6 is 11.6 Å². The Morgan fingerprint density at radius 1 is 1.59 bits per heavy atom. The van der Waals surface area contributed by atoms with E-state index in [1.807, 2.05) is 0 Å². The number of hydrogen-bond acceptors (Lipinski definition) is 3. The second-order valence-electron chi connectivity index (χ2n) is 4.23. The van der Waals surface area contributed by atoms with Crippen LogP contribution in [0.25, 0.3) is 0 Å². The normalized spacial score (nSPS) is 19.3. The van der Waals surface area contributed by atoms with Gasteiger partial charge in [0, 0.05) is 30.0 Å². The highest BCUT2D eigenvalue weighted by Crippen LogP contribution is 2.40. The predicted octanol–water partition coefficient (Wildman–Crippen LogP) is 2.08. The van der Waals surface area contributed by atoms with E-state index in [2.05, 4.69) is 10.6 Å². The molecule has 1 aliphatic heterocycles. The van der Waals surface area contributed by atoms with Crippen LogP contribution in [0.3, 0.4) is 0 Å². The van der Waals surface area contributed by atoms with Crippen molar-refractivity contribution in [3.8, 4) is 5.75 Å². The molecule has 4 nitrogen and oxygen atoms in total. The quantitative estimate of drug-likeness (QED) is 0.708. The molecule has 2 rings (SSSR count). The van der Waals surface area contributed by atoms with E-state index in [9.17, 15) is 9.90 Å². The molecule has 17 heavy (non-hydrogen) atoms. The van der Waals surface area contributed by atoms with Crippen LogP contribution in [-0.4, -0.2) is 24.1 Å². The van der Waals surface area contributed by atoms with Gasteiger partial charge in [0.2, 0.25) is 5.91 Å². The first kappa shape index (κ1) is 12.2. The minimum Gasteiger partial charge on any atom is -0.506 e. The summed E-state index contributed by atoms with van der Waals surface area (Å²) < 4.78 is 0. The Morgan fingerprint density at radius 2 is 2.35 bits per heavy atom. The van der Waals surface area contributed by atoms with Crippen LogP contribution in [-0.2, 0) is 4.79 Å². The lowest BCUT2D eigenvalue weighted by Crippen LogP contribution is -2.13. The van der Waals surface area contributed by atoms with Crippen molar-refractivity contribution in [3.63, 3.8) is 0 Å². The van der Waals surface area contributed by atoms with Gasteiger partial charge in [0.15, 0.2) is 0 Å². The molecule has 5 heteroatoms. The molecule has 0 radical (unpaired) electrons. The highest BCUT2D eigenvalue weighted by atomic mass is 35.5. The summed E-state index contributed by atoms with van der Waals surface area (Å²) in [5, 5.41) is 16.3. The molecule has 0 bridgehead atoms. The zero-order valence-electron chi connectivity index (χ0n) is 9.59. The first-order valence-electron chi connectivity index (χ1n) is 5.59. The van der Waals surface area contributed by atoms with E-state index in [0.717, 1.165) is 25.1 Å². The summed E-state index contributed by atoms with van der Waals surface area (Å²) in [4.78, 5) is 11.2. The molecule has 1 saturated heterocycles. The Balaban J connectivity index is 2.45. The second kappa shape index (κ2) is 4.94. The summed E-state index contributed by atoms with van der Waals surface area (Å²) in [5.74, 6) is 0.0812. The third kappa shape index (κ3) is 2.53. The van der Waals surface area contributed by atoms with Gasteiger partial charge in [-0.15, -0.1) is 0 Å². The lowest BCUT2D eigenvalue weighted by molar-refractivity contribution is -0.114. The first-order chi connectivity index (χ1) is 8.09. The Morgan fingerprint density at radius 3 is 2.94 bits per heavy atom. The number of nitrogens with one attached hydrogen (secondary N) is 2.